The van der Waals surface area contributed by atoms with Crippen LogP contribution >= 0.6 is 0 Å². The third-order valence-corrected chi connectivity index (χ3v) is 3.36. The Labute approximate surface area is 104 Å². The number of rotatable bonds is 6. The smallest absolute Gasteiger partial charge is 0.308 e. The first-order valence-electron chi connectivity index (χ1n) is 6.71. The predicted molar refractivity (Wildman–Crippen MR) is 66.7 cm³/mol. The minimum Gasteiger partial charge on any atom is -0.466 e. The van der Waals surface area contributed by atoms with Crippen molar-refractivity contribution in [3.05, 3.63) is 0 Å². The van der Waals surface area contributed by atoms with Crippen molar-refractivity contribution in [3.63, 3.8) is 0 Å². The van der Waals surface area contributed by atoms with Crippen molar-refractivity contribution in [2.75, 3.05) is 26.2 Å². The summed E-state index contributed by atoms with van der Waals surface area (Å²) >= 11 is 0. The summed E-state index contributed by atoms with van der Waals surface area (Å²) in [6.45, 7) is 7.05. The number of aliphatic hydroxyl groups excluding tert-OH is 1. The highest BCUT2D eigenvalue weighted by Gasteiger charge is 2.21. The SMILES string of the molecule is CCOC(=O)CC(O)CN1CCCC(CC)C1. The maximum atomic E-state index is 11.2. The van der Waals surface area contributed by atoms with Crippen LogP contribution < -0.4 is 0 Å². The Morgan fingerprint density at radius 1 is 1.53 bits per heavy atom. The molecule has 1 rings (SSSR count). The van der Waals surface area contributed by atoms with Gasteiger partial charge in [0.05, 0.1) is 19.1 Å². The van der Waals surface area contributed by atoms with Gasteiger partial charge in [-0.3, -0.25) is 4.79 Å². The second-order valence-electron chi connectivity index (χ2n) is 4.84. The fourth-order valence-corrected chi connectivity index (χ4v) is 2.43. The Morgan fingerprint density at radius 3 is 2.94 bits per heavy atom. The lowest BCUT2D eigenvalue weighted by Crippen LogP contribution is -2.40. The Bertz CT molecular complexity index is 233. The molecule has 0 aromatic rings. The van der Waals surface area contributed by atoms with E-state index in [-0.39, 0.29) is 12.4 Å². The molecule has 4 nitrogen and oxygen atoms in total. The molecule has 0 radical (unpaired) electrons. The van der Waals surface area contributed by atoms with E-state index in [1.165, 1.54) is 19.3 Å². The zero-order chi connectivity index (χ0) is 12.7. The highest BCUT2D eigenvalue weighted by Crippen LogP contribution is 2.19. The molecule has 0 spiro atoms. The van der Waals surface area contributed by atoms with Gasteiger partial charge in [-0.1, -0.05) is 13.3 Å². The van der Waals surface area contributed by atoms with E-state index in [0.29, 0.717) is 13.2 Å². The van der Waals surface area contributed by atoms with E-state index in [1.54, 1.807) is 6.92 Å². The van der Waals surface area contributed by atoms with Crippen molar-refractivity contribution < 1.29 is 14.6 Å². The van der Waals surface area contributed by atoms with Crippen molar-refractivity contribution >= 4 is 5.97 Å². The first kappa shape index (κ1) is 14.5. The van der Waals surface area contributed by atoms with Crippen LogP contribution in [0, 0.1) is 5.92 Å². The quantitative estimate of drug-likeness (QED) is 0.717. The third kappa shape index (κ3) is 5.50. The predicted octanol–water partition coefficient (Wildman–Crippen LogP) is 1.42. The minimum absolute atomic E-state index is 0.112. The van der Waals surface area contributed by atoms with Crippen LogP contribution in [0.1, 0.15) is 39.5 Å². The molecule has 1 N–H and O–H groups in total. The zero-order valence-electron chi connectivity index (χ0n) is 11.0. The van der Waals surface area contributed by atoms with E-state index >= 15 is 0 Å². The van der Waals surface area contributed by atoms with Crippen LogP contribution in [0.15, 0.2) is 0 Å². The van der Waals surface area contributed by atoms with Gasteiger partial charge in [-0.05, 0) is 32.2 Å². The van der Waals surface area contributed by atoms with Crippen molar-refractivity contribution in [2.45, 2.75) is 45.6 Å². The molecule has 1 fully saturated rings. The third-order valence-electron chi connectivity index (χ3n) is 3.36. The van der Waals surface area contributed by atoms with Crippen molar-refractivity contribution in [1.82, 2.24) is 4.90 Å². The van der Waals surface area contributed by atoms with Gasteiger partial charge in [0.25, 0.3) is 0 Å². The number of carbonyl (C=O) groups excluding carboxylic acids is 1. The van der Waals surface area contributed by atoms with Crippen LogP contribution in [0.4, 0.5) is 0 Å². The number of likely N-dealkylation sites (tertiary alicyclic amines) is 1. The average Bonchev–Trinajstić information content (AvgIpc) is 2.29. The molecular formula is C13H25NO3. The highest BCUT2D eigenvalue weighted by atomic mass is 16.5. The van der Waals surface area contributed by atoms with Gasteiger partial charge in [0, 0.05) is 13.1 Å². The molecule has 1 heterocycles. The lowest BCUT2D eigenvalue weighted by atomic mass is 9.95. The van der Waals surface area contributed by atoms with Gasteiger partial charge in [-0.2, -0.15) is 0 Å². The summed E-state index contributed by atoms with van der Waals surface area (Å²) in [5.41, 5.74) is 0. The van der Waals surface area contributed by atoms with Gasteiger partial charge in [0.15, 0.2) is 0 Å². The molecule has 0 aromatic carbocycles. The highest BCUT2D eigenvalue weighted by molar-refractivity contribution is 5.69. The molecule has 2 unspecified atom stereocenters. The van der Waals surface area contributed by atoms with E-state index in [1.807, 2.05) is 0 Å². The number of ether oxygens (including phenoxy) is 1. The van der Waals surface area contributed by atoms with E-state index in [2.05, 4.69) is 11.8 Å². The number of esters is 1. The summed E-state index contributed by atoms with van der Waals surface area (Å²) in [5, 5.41) is 9.81. The lowest BCUT2D eigenvalue weighted by molar-refractivity contribution is -0.145. The van der Waals surface area contributed by atoms with Gasteiger partial charge in [-0.25, -0.2) is 0 Å². The molecule has 0 bridgehead atoms. The summed E-state index contributed by atoms with van der Waals surface area (Å²) < 4.78 is 4.83. The van der Waals surface area contributed by atoms with Crippen molar-refractivity contribution in [1.29, 1.82) is 0 Å². The fraction of sp³-hybridized carbons (Fsp3) is 0.923. The van der Waals surface area contributed by atoms with Crippen LogP contribution in [0.25, 0.3) is 0 Å². The second kappa shape index (κ2) is 7.67. The molecule has 2 atom stereocenters. The second-order valence-corrected chi connectivity index (χ2v) is 4.84. The molecule has 0 amide bonds. The molecule has 1 aliphatic rings. The van der Waals surface area contributed by atoms with Gasteiger partial charge < -0.3 is 14.7 Å². The molecular weight excluding hydrogens is 218 g/mol. The Balaban J connectivity index is 2.25. The summed E-state index contributed by atoms with van der Waals surface area (Å²) in [6.07, 6.45) is 3.21. The maximum Gasteiger partial charge on any atom is 0.308 e. The van der Waals surface area contributed by atoms with E-state index < -0.39 is 6.10 Å². The van der Waals surface area contributed by atoms with Gasteiger partial charge >= 0.3 is 5.97 Å². The summed E-state index contributed by atoms with van der Waals surface area (Å²) in [5.74, 6) is 0.447. The fourth-order valence-electron chi connectivity index (χ4n) is 2.43. The Kier molecular flexibility index (Phi) is 6.52. The summed E-state index contributed by atoms with van der Waals surface area (Å²) in [6, 6.07) is 0. The number of β-amino-alcohol motifs (C(OH)–C–C–N with tert-alkyl or cyclic N) is 1. The number of hydrogen-bond acceptors (Lipinski definition) is 4. The lowest BCUT2D eigenvalue weighted by Gasteiger charge is -2.33. The van der Waals surface area contributed by atoms with Crippen LogP contribution in [0.5, 0.6) is 0 Å². The Morgan fingerprint density at radius 2 is 2.29 bits per heavy atom. The monoisotopic (exact) mass is 243 g/mol. The topological polar surface area (TPSA) is 49.8 Å². The summed E-state index contributed by atoms with van der Waals surface area (Å²) in [4.78, 5) is 13.5. The molecule has 4 heteroatoms. The maximum absolute atomic E-state index is 11.2. The average molecular weight is 243 g/mol. The summed E-state index contributed by atoms with van der Waals surface area (Å²) in [7, 11) is 0. The number of piperidine rings is 1. The van der Waals surface area contributed by atoms with E-state index in [9.17, 15) is 9.90 Å². The van der Waals surface area contributed by atoms with Crippen LogP contribution in [0.2, 0.25) is 0 Å². The molecule has 17 heavy (non-hydrogen) atoms. The van der Waals surface area contributed by atoms with Crippen LogP contribution in [-0.4, -0.2) is 48.3 Å². The van der Waals surface area contributed by atoms with E-state index in [0.717, 1.165) is 19.0 Å². The molecule has 100 valence electrons. The first-order chi connectivity index (χ1) is 8.15. The van der Waals surface area contributed by atoms with E-state index in [4.69, 9.17) is 4.74 Å². The van der Waals surface area contributed by atoms with Gasteiger partial charge in [0.2, 0.25) is 0 Å². The molecule has 1 aliphatic heterocycles. The number of nitrogens with zero attached hydrogens (tertiary/aromatic N) is 1. The normalized spacial score (nSPS) is 23.4. The molecule has 1 saturated heterocycles. The van der Waals surface area contributed by atoms with Crippen LogP contribution in [0.3, 0.4) is 0 Å². The largest absolute Gasteiger partial charge is 0.466 e. The van der Waals surface area contributed by atoms with Crippen molar-refractivity contribution in [2.24, 2.45) is 5.92 Å². The molecule has 0 aliphatic carbocycles. The first-order valence-corrected chi connectivity index (χ1v) is 6.71. The Hall–Kier alpha value is -0.610. The molecule has 0 aromatic heterocycles. The van der Waals surface area contributed by atoms with Gasteiger partial charge in [0.1, 0.15) is 0 Å². The molecule has 0 saturated carbocycles. The number of aliphatic hydroxyl groups is 1. The zero-order valence-corrected chi connectivity index (χ0v) is 11.0. The van der Waals surface area contributed by atoms with Crippen LogP contribution in [-0.2, 0) is 9.53 Å². The minimum atomic E-state index is -0.593. The number of hydrogen-bond donors (Lipinski definition) is 1. The standard InChI is InChI=1S/C13H25NO3/c1-3-11-6-5-7-14(9-11)10-12(15)8-13(16)17-4-2/h11-12,15H,3-10H2,1-2H3. The number of carbonyl (C=O) groups is 1. The van der Waals surface area contributed by atoms with Gasteiger partial charge in [-0.15, -0.1) is 0 Å². The van der Waals surface area contributed by atoms with Crippen molar-refractivity contribution in [3.8, 4) is 0 Å².